The third-order valence-electron chi connectivity index (χ3n) is 3.70. The van der Waals surface area contributed by atoms with E-state index in [9.17, 15) is 0 Å². The molecule has 0 aliphatic carbocycles. The quantitative estimate of drug-likeness (QED) is 0.854. The summed E-state index contributed by atoms with van der Waals surface area (Å²) >= 11 is 3.53. The number of rotatable bonds is 4. The summed E-state index contributed by atoms with van der Waals surface area (Å²) in [5.74, 6) is 1.41. The normalized spacial score (nSPS) is 14.1. The van der Waals surface area contributed by atoms with E-state index in [2.05, 4.69) is 73.3 Å². The predicted molar refractivity (Wildman–Crippen MR) is 93.7 cm³/mol. The second-order valence-electron chi connectivity index (χ2n) is 7.26. The van der Waals surface area contributed by atoms with E-state index in [4.69, 9.17) is 10.7 Å². The van der Waals surface area contributed by atoms with Crippen molar-refractivity contribution in [2.75, 3.05) is 6.54 Å². The number of aromatic nitrogens is 2. The SMILES string of the molecule is CC(C)n1c(C(CN)CC(C)(C)C)nc2cc(Br)ccc21. The smallest absolute Gasteiger partial charge is 0.114 e. The fourth-order valence-electron chi connectivity index (χ4n) is 2.94. The zero-order chi connectivity index (χ0) is 15.8. The molecule has 0 radical (unpaired) electrons. The van der Waals surface area contributed by atoms with Crippen LogP contribution in [0.15, 0.2) is 22.7 Å². The highest BCUT2D eigenvalue weighted by Crippen LogP contribution is 2.34. The lowest BCUT2D eigenvalue weighted by molar-refractivity contribution is 0.329. The molecule has 0 saturated heterocycles. The lowest BCUT2D eigenvalue weighted by atomic mass is 9.84. The molecule has 2 rings (SSSR count). The van der Waals surface area contributed by atoms with Gasteiger partial charge in [0.25, 0.3) is 0 Å². The van der Waals surface area contributed by atoms with Gasteiger partial charge in [0.1, 0.15) is 5.82 Å². The van der Waals surface area contributed by atoms with E-state index in [0.717, 1.165) is 22.2 Å². The highest BCUT2D eigenvalue weighted by atomic mass is 79.9. The average Bonchev–Trinajstić information content (AvgIpc) is 2.72. The monoisotopic (exact) mass is 351 g/mol. The van der Waals surface area contributed by atoms with Crippen LogP contribution in [0.5, 0.6) is 0 Å². The van der Waals surface area contributed by atoms with Crippen molar-refractivity contribution in [1.82, 2.24) is 9.55 Å². The van der Waals surface area contributed by atoms with Gasteiger partial charge in [-0.25, -0.2) is 4.98 Å². The Balaban J connectivity index is 2.58. The molecule has 1 unspecified atom stereocenters. The maximum absolute atomic E-state index is 6.07. The largest absolute Gasteiger partial charge is 0.330 e. The molecule has 116 valence electrons. The number of hydrogen-bond donors (Lipinski definition) is 1. The summed E-state index contributed by atoms with van der Waals surface area (Å²) < 4.78 is 3.40. The van der Waals surface area contributed by atoms with Crippen LogP contribution >= 0.6 is 15.9 Å². The standard InChI is InChI=1S/C17H26BrN3/c1-11(2)21-15-7-6-13(18)8-14(15)20-16(21)12(10-19)9-17(3,4)5/h6-8,11-12H,9-10,19H2,1-5H3. The molecule has 21 heavy (non-hydrogen) atoms. The van der Waals surface area contributed by atoms with Gasteiger partial charge < -0.3 is 10.3 Å². The van der Waals surface area contributed by atoms with Gasteiger partial charge in [0.2, 0.25) is 0 Å². The van der Waals surface area contributed by atoms with Crippen LogP contribution in [-0.4, -0.2) is 16.1 Å². The van der Waals surface area contributed by atoms with Crippen molar-refractivity contribution in [3.8, 4) is 0 Å². The second-order valence-corrected chi connectivity index (χ2v) is 8.18. The molecule has 0 aliphatic heterocycles. The number of hydrogen-bond acceptors (Lipinski definition) is 2. The van der Waals surface area contributed by atoms with E-state index >= 15 is 0 Å². The molecular weight excluding hydrogens is 326 g/mol. The summed E-state index contributed by atoms with van der Waals surface area (Å²) in [4.78, 5) is 4.90. The van der Waals surface area contributed by atoms with Crippen molar-refractivity contribution in [3.05, 3.63) is 28.5 Å². The van der Waals surface area contributed by atoms with E-state index < -0.39 is 0 Å². The molecule has 0 aliphatic rings. The third-order valence-corrected chi connectivity index (χ3v) is 4.20. The first-order valence-electron chi connectivity index (χ1n) is 7.60. The maximum atomic E-state index is 6.07. The van der Waals surface area contributed by atoms with Gasteiger partial charge in [0.15, 0.2) is 0 Å². The topological polar surface area (TPSA) is 43.8 Å². The lowest BCUT2D eigenvalue weighted by Crippen LogP contribution is -2.23. The van der Waals surface area contributed by atoms with Crippen LogP contribution in [0, 0.1) is 5.41 Å². The van der Waals surface area contributed by atoms with Gasteiger partial charge in [-0.3, -0.25) is 0 Å². The second kappa shape index (κ2) is 6.09. The van der Waals surface area contributed by atoms with Crippen molar-refractivity contribution in [2.24, 2.45) is 11.1 Å². The maximum Gasteiger partial charge on any atom is 0.114 e. The summed E-state index contributed by atoms with van der Waals surface area (Å²) in [5, 5.41) is 0. The molecule has 4 heteroatoms. The zero-order valence-electron chi connectivity index (χ0n) is 13.7. The molecule has 1 aromatic carbocycles. The van der Waals surface area contributed by atoms with Crippen molar-refractivity contribution in [2.45, 2.75) is 53.0 Å². The Morgan fingerprint density at radius 2 is 1.95 bits per heavy atom. The summed E-state index contributed by atoms with van der Waals surface area (Å²) in [6.45, 7) is 11.8. The number of imidazole rings is 1. The molecule has 1 heterocycles. The molecule has 2 N–H and O–H groups in total. The number of benzene rings is 1. The first-order chi connectivity index (χ1) is 9.73. The zero-order valence-corrected chi connectivity index (χ0v) is 15.2. The van der Waals surface area contributed by atoms with Gasteiger partial charge in [0, 0.05) is 23.0 Å². The van der Waals surface area contributed by atoms with Crippen LogP contribution in [0.1, 0.15) is 58.8 Å². The van der Waals surface area contributed by atoms with E-state index in [1.54, 1.807) is 0 Å². The summed E-state index contributed by atoms with van der Waals surface area (Å²) in [6, 6.07) is 6.68. The van der Waals surface area contributed by atoms with Crippen molar-refractivity contribution >= 4 is 27.0 Å². The summed E-state index contributed by atoms with van der Waals surface area (Å²) in [5.41, 5.74) is 8.54. The molecule has 3 nitrogen and oxygen atoms in total. The highest BCUT2D eigenvalue weighted by Gasteiger charge is 2.25. The van der Waals surface area contributed by atoms with E-state index in [0.29, 0.717) is 18.5 Å². The average molecular weight is 352 g/mol. The van der Waals surface area contributed by atoms with Crippen molar-refractivity contribution < 1.29 is 0 Å². The van der Waals surface area contributed by atoms with Crippen molar-refractivity contribution in [3.63, 3.8) is 0 Å². The van der Waals surface area contributed by atoms with Crippen LogP contribution < -0.4 is 5.73 Å². The fourth-order valence-corrected chi connectivity index (χ4v) is 3.29. The number of nitrogens with two attached hydrogens (primary N) is 1. The molecular formula is C17H26BrN3. The molecule has 2 aromatic rings. The van der Waals surface area contributed by atoms with Crippen LogP contribution in [0.25, 0.3) is 11.0 Å². The van der Waals surface area contributed by atoms with Gasteiger partial charge in [-0.15, -0.1) is 0 Å². The minimum absolute atomic E-state index is 0.241. The van der Waals surface area contributed by atoms with E-state index in [1.165, 1.54) is 5.52 Å². The van der Waals surface area contributed by atoms with Gasteiger partial charge in [0.05, 0.1) is 11.0 Å². The molecule has 0 fully saturated rings. The molecule has 0 saturated carbocycles. The Morgan fingerprint density at radius 3 is 2.48 bits per heavy atom. The third kappa shape index (κ3) is 3.67. The number of nitrogens with zero attached hydrogens (tertiary/aromatic N) is 2. The first-order valence-corrected chi connectivity index (χ1v) is 8.39. The predicted octanol–water partition coefficient (Wildman–Crippen LogP) is 4.86. The van der Waals surface area contributed by atoms with Crippen molar-refractivity contribution in [1.29, 1.82) is 0 Å². The van der Waals surface area contributed by atoms with Crippen LogP contribution in [-0.2, 0) is 0 Å². The highest BCUT2D eigenvalue weighted by molar-refractivity contribution is 9.10. The van der Waals surface area contributed by atoms with Gasteiger partial charge >= 0.3 is 0 Å². The van der Waals surface area contributed by atoms with E-state index in [1.807, 2.05) is 0 Å². The van der Waals surface area contributed by atoms with Crippen LogP contribution in [0.4, 0.5) is 0 Å². The molecule has 0 spiro atoms. The molecule has 1 atom stereocenters. The van der Waals surface area contributed by atoms with Crippen LogP contribution in [0.2, 0.25) is 0 Å². The first kappa shape index (κ1) is 16.5. The molecule has 0 amide bonds. The Labute approximate surface area is 136 Å². The van der Waals surface area contributed by atoms with Gasteiger partial charge in [-0.2, -0.15) is 0 Å². The Morgan fingerprint density at radius 1 is 1.29 bits per heavy atom. The Hall–Kier alpha value is -0.870. The van der Waals surface area contributed by atoms with Gasteiger partial charge in [-0.1, -0.05) is 36.7 Å². The Bertz CT molecular complexity index is 623. The number of halogens is 1. The lowest BCUT2D eigenvalue weighted by Gasteiger charge is -2.26. The fraction of sp³-hybridized carbons (Fsp3) is 0.588. The Kier molecular flexibility index (Phi) is 4.79. The summed E-state index contributed by atoms with van der Waals surface area (Å²) in [7, 11) is 0. The van der Waals surface area contributed by atoms with Crippen LogP contribution in [0.3, 0.4) is 0 Å². The molecule has 0 bridgehead atoms. The minimum Gasteiger partial charge on any atom is -0.330 e. The molecule has 1 aromatic heterocycles. The van der Waals surface area contributed by atoms with E-state index in [-0.39, 0.29) is 5.41 Å². The van der Waals surface area contributed by atoms with Gasteiger partial charge in [-0.05, 0) is 43.9 Å². The minimum atomic E-state index is 0.241. The number of fused-ring (bicyclic) bond motifs is 1. The summed E-state index contributed by atoms with van der Waals surface area (Å²) in [6.07, 6.45) is 1.04.